The predicted octanol–water partition coefficient (Wildman–Crippen LogP) is 3.05. The third-order valence-corrected chi connectivity index (χ3v) is 3.20. The number of anilines is 2. The van der Waals surface area contributed by atoms with Gasteiger partial charge in [-0.2, -0.15) is 5.26 Å². The lowest BCUT2D eigenvalue weighted by molar-refractivity contribution is 0.102. The highest BCUT2D eigenvalue weighted by Gasteiger charge is 2.13. The van der Waals surface area contributed by atoms with Gasteiger partial charge in [0.15, 0.2) is 0 Å². The van der Waals surface area contributed by atoms with Crippen LogP contribution in [-0.2, 0) is 0 Å². The predicted molar refractivity (Wildman–Crippen MR) is 81.5 cm³/mol. The van der Waals surface area contributed by atoms with Crippen molar-refractivity contribution in [3.63, 3.8) is 0 Å². The minimum atomic E-state index is -0.391. The maximum atomic E-state index is 12.2. The number of para-hydroxylation sites is 1. The highest BCUT2D eigenvalue weighted by Crippen LogP contribution is 2.26. The van der Waals surface area contributed by atoms with Crippen LogP contribution in [0.25, 0.3) is 0 Å². The number of amides is 1. The van der Waals surface area contributed by atoms with Crippen LogP contribution in [0.15, 0.2) is 36.4 Å². The van der Waals surface area contributed by atoms with Crippen molar-refractivity contribution in [2.45, 2.75) is 0 Å². The molecule has 0 aliphatic heterocycles. The van der Waals surface area contributed by atoms with Crippen molar-refractivity contribution in [1.82, 2.24) is 0 Å². The van der Waals surface area contributed by atoms with Crippen LogP contribution in [0.2, 0.25) is 5.02 Å². The molecule has 21 heavy (non-hydrogen) atoms. The molecule has 2 aromatic carbocycles. The minimum Gasteiger partial charge on any atom is -0.495 e. The summed E-state index contributed by atoms with van der Waals surface area (Å²) in [6.07, 6.45) is 0. The first-order valence-electron chi connectivity index (χ1n) is 6.00. The van der Waals surface area contributed by atoms with E-state index in [1.54, 1.807) is 30.3 Å². The van der Waals surface area contributed by atoms with Crippen LogP contribution in [0, 0.1) is 11.3 Å². The Morgan fingerprint density at radius 1 is 1.38 bits per heavy atom. The van der Waals surface area contributed by atoms with Gasteiger partial charge in [-0.25, -0.2) is 0 Å². The Morgan fingerprint density at radius 2 is 2.14 bits per heavy atom. The fourth-order valence-corrected chi connectivity index (χ4v) is 1.97. The molecule has 106 valence electrons. The number of nitrogens with one attached hydrogen (secondary N) is 1. The minimum absolute atomic E-state index is 0.256. The number of halogens is 1. The lowest BCUT2D eigenvalue weighted by atomic mass is 10.1. The zero-order chi connectivity index (χ0) is 15.4. The second-order valence-corrected chi connectivity index (χ2v) is 4.59. The molecule has 0 radical (unpaired) electrons. The molecule has 0 aromatic heterocycles. The van der Waals surface area contributed by atoms with E-state index < -0.39 is 5.91 Å². The van der Waals surface area contributed by atoms with Gasteiger partial charge in [0.05, 0.1) is 28.9 Å². The maximum Gasteiger partial charge on any atom is 0.257 e. The number of nitrogens with two attached hydrogens (primary N) is 1. The molecule has 3 N–H and O–H groups in total. The van der Waals surface area contributed by atoms with E-state index in [9.17, 15) is 4.79 Å². The summed E-state index contributed by atoms with van der Waals surface area (Å²) in [4.78, 5) is 12.2. The van der Waals surface area contributed by atoms with Crippen molar-refractivity contribution >= 4 is 28.9 Å². The molecule has 0 atom stereocenters. The molecule has 0 saturated heterocycles. The van der Waals surface area contributed by atoms with E-state index in [4.69, 9.17) is 27.3 Å². The molecule has 0 aliphatic rings. The third-order valence-electron chi connectivity index (χ3n) is 2.88. The summed E-state index contributed by atoms with van der Waals surface area (Å²) < 4.78 is 5.07. The molecular weight excluding hydrogens is 290 g/mol. The molecule has 2 rings (SSSR count). The van der Waals surface area contributed by atoms with Gasteiger partial charge in [0.25, 0.3) is 5.91 Å². The summed E-state index contributed by atoms with van der Waals surface area (Å²) in [6, 6.07) is 11.5. The average Bonchev–Trinajstić information content (AvgIpc) is 2.49. The Morgan fingerprint density at radius 3 is 2.81 bits per heavy atom. The van der Waals surface area contributed by atoms with Gasteiger partial charge in [-0.3, -0.25) is 4.79 Å². The lowest BCUT2D eigenvalue weighted by Gasteiger charge is -2.10. The van der Waals surface area contributed by atoms with Gasteiger partial charge in [0.2, 0.25) is 0 Å². The van der Waals surface area contributed by atoms with Gasteiger partial charge in [0.1, 0.15) is 11.8 Å². The highest BCUT2D eigenvalue weighted by atomic mass is 35.5. The summed E-state index contributed by atoms with van der Waals surface area (Å²) in [5, 5.41) is 11.9. The summed E-state index contributed by atoms with van der Waals surface area (Å²) in [6.45, 7) is 0. The van der Waals surface area contributed by atoms with Crippen LogP contribution in [0.3, 0.4) is 0 Å². The summed E-state index contributed by atoms with van der Waals surface area (Å²) >= 11 is 5.84. The van der Waals surface area contributed by atoms with E-state index in [-0.39, 0.29) is 11.3 Å². The summed E-state index contributed by atoms with van der Waals surface area (Å²) in [7, 11) is 1.48. The number of nitrogens with zero attached hydrogens (tertiary/aromatic N) is 1. The second-order valence-electron chi connectivity index (χ2n) is 4.18. The molecule has 0 unspecified atom stereocenters. The van der Waals surface area contributed by atoms with Gasteiger partial charge < -0.3 is 15.8 Å². The average molecular weight is 302 g/mol. The molecule has 0 fully saturated rings. The van der Waals surface area contributed by atoms with Crippen LogP contribution in [-0.4, -0.2) is 13.0 Å². The molecule has 0 heterocycles. The smallest absolute Gasteiger partial charge is 0.257 e. The number of carbonyl (C=O) groups excluding carboxylic acids is 1. The van der Waals surface area contributed by atoms with Crippen LogP contribution in [0.5, 0.6) is 5.75 Å². The fraction of sp³-hybridized carbons (Fsp3) is 0.0667. The van der Waals surface area contributed by atoms with Crippen molar-refractivity contribution < 1.29 is 9.53 Å². The van der Waals surface area contributed by atoms with Crippen LogP contribution >= 0.6 is 11.6 Å². The number of rotatable bonds is 3. The van der Waals surface area contributed by atoms with E-state index in [1.807, 2.05) is 6.07 Å². The Hall–Kier alpha value is -2.71. The second kappa shape index (κ2) is 6.16. The van der Waals surface area contributed by atoms with Crippen LogP contribution < -0.4 is 15.8 Å². The van der Waals surface area contributed by atoms with Crippen LogP contribution in [0.1, 0.15) is 15.9 Å². The van der Waals surface area contributed by atoms with Crippen LogP contribution in [0.4, 0.5) is 11.4 Å². The van der Waals surface area contributed by atoms with E-state index >= 15 is 0 Å². The third kappa shape index (κ3) is 3.07. The number of benzene rings is 2. The standard InChI is InChI=1S/C15H12ClN3O2/c1-21-13-4-2-3-11(14(13)18)15(20)19-10-5-6-12(16)9(7-10)8-17/h2-7H,18H2,1H3,(H,19,20). The Bertz CT molecular complexity index is 738. The Balaban J connectivity index is 2.29. The number of carbonyl (C=O) groups is 1. The monoisotopic (exact) mass is 301 g/mol. The van der Waals surface area contributed by atoms with E-state index in [2.05, 4.69) is 5.32 Å². The van der Waals surface area contributed by atoms with Crippen molar-refractivity contribution in [1.29, 1.82) is 5.26 Å². The Kier molecular flexibility index (Phi) is 4.31. The van der Waals surface area contributed by atoms with Crippen molar-refractivity contribution in [2.75, 3.05) is 18.2 Å². The maximum absolute atomic E-state index is 12.2. The normalized spacial score (nSPS) is 9.76. The fourth-order valence-electron chi connectivity index (χ4n) is 1.81. The first-order chi connectivity index (χ1) is 10.1. The number of ether oxygens (including phenoxy) is 1. The lowest BCUT2D eigenvalue weighted by Crippen LogP contribution is -2.14. The van der Waals surface area contributed by atoms with Gasteiger partial charge in [-0.1, -0.05) is 17.7 Å². The molecule has 5 nitrogen and oxygen atoms in total. The largest absolute Gasteiger partial charge is 0.495 e. The van der Waals surface area contributed by atoms with Crippen molar-refractivity contribution in [3.05, 3.63) is 52.5 Å². The van der Waals surface area contributed by atoms with Crippen molar-refractivity contribution in [3.8, 4) is 11.8 Å². The van der Waals surface area contributed by atoms with E-state index in [1.165, 1.54) is 13.2 Å². The number of methoxy groups -OCH3 is 1. The summed E-state index contributed by atoms with van der Waals surface area (Å²) in [5.74, 6) is 0.0362. The number of hydrogen-bond acceptors (Lipinski definition) is 4. The van der Waals surface area contributed by atoms with Gasteiger partial charge in [0, 0.05) is 5.69 Å². The van der Waals surface area contributed by atoms with E-state index in [0.717, 1.165) is 0 Å². The summed E-state index contributed by atoms with van der Waals surface area (Å²) in [5.41, 5.74) is 7.17. The molecule has 1 amide bonds. The number of hydrogen-bond donors (Lipinski definition) is 2. The molecule has 0 bridgehead atoms. The molecule has 0 saturated carbocycles. The van der Waals surface area contributed by atoms with Crippen molar-refractivity contribution in [2.24, 2.45) is 0 Å². The molecule has 0 aliphatic carbocycles. The van der Waals surface area contributed by atoms with Gasteiger partial charge in [-0.15, -0.1) is 0 Å². The zero-order valence-corrected chi connectivity index (χ0v) is 11.9. The molecule has 6 heteroatoms. The molecule has 2 aromatic rings. The quantitative estimate of drug-likeness (QED) is 0.853. The number of nitrogen functional groups attached to an aromatic ring is 1. The number of nitriles is 1. The highest BCUT2D eigenvalue weighted by molar-refractivity contribution is 6.31. The molecule has 0 spiro atoms. The first-order valence-corrected chi connectivity index (χ1v) is 6.38. The first kappa shape index (κ1) is 14.7. The molecular formula is C15H12ClN3O2. The SMILES string of the molecule is COc1cccc(C(=O)Nc2ccc(Cl)c(C#N)c2)c1N. The Labute approximate surface area is 126 Å². The van der Waals surface area contributed by atoms with Gasteiger partial charge in [-0.05, 0) is 30.3 Å². The van der Waals surface area contributed by atoms with Gasteiger partial charge >= 0.3 is 0 Å². The topological polar surface area (TPSA) is 88.1 Å². The zero-order valence-electron chi connectivity index (χ0n) is 11.2. The van der Waals surface area contributed by atoms with E-state index in [0.29, 0.717) is 22.0 Å².